The van der Waals surface area contributed by atoms with Crippen molar-refractivity contribution in [3.63, 3.8) is 0 Å². The molecule has 1 N–H and O–H groups in total. The molecule has 43 heavy (non-hydrogen) atoms. The number of esters is 1. The van der Waals surface area contributed by atoms with E-state index in [9.17, 15) is 18.9 Å². The Morgan fingerprint density at radius 1 is 1.23 bits per heavy atom. The summed E-state index contributed by atoms with van der Waals surface area (Å²) in [7, 11) is 1.71. The number of Topliss-reactive ketones (excluding diaryl/α,β-unsaturated/α-hetero) is 1. The highest BCUT2D eigenvalue weighted by atomic mass is 32.7. The Labute approximate surface area is 262 Å². The first-order valence-electron chi connectivity index (χ1n) is 14.8. The van der Waals surface area contributed by atoms with E-state index in [0.29, 0.717) is 13.0 Å². The third-order valence-electron chi connectivity index (χ3n) is 7.54. The van der Waals surface area contributed by atoms with Gasteiger partial charge in [-0.05, 0) is 88.4 Å². The minimum absolute atomic E-state index is 0.0249. The van der Waals surface area contributed by atoms with Crippen LogP contribution in [0.5, 0.6) is 0 Å². The second-order valence-electron chi connectivity index (χ2n) is 12.0. The van der Waals surface area contributed by atoms with E-state index in [1.807, 2.05) is 65.0 Å². The Hall–Kier alpha value is -2.45. The first-order chi connectivity index (χ1) is 20.1. The number of hydrogen-bond acceptors (Lipinski definition) is 7. The molecule has 0 bridgehead atoms. The molecule has 1 fully saturated rings. The van der Waals surface area contributed by atoms with Gasteiger partial charge in [0.2, 0.25) is 5.91 Å². The Bertz CT molecular complexity index is 1270. The van der Waals surface area contributed by atoms with E-state index < -0.39 is 12.8 Å². The fourth-order valence-electron chi connectivity index (χ4n) is 5.05. The highest BCUT2D eigenvalue weighted by molar-refractivity contribution is 8.56. The average molecular weight is 633 g/mol. The minimum Gasteiger partial charge on any atom is -0.457 e. The zero-order valence-electron chi connectivity index (χ0n) is 27.1. The van der Waals surface area contributed by atoms with Gasteiger partial charge in [-0.1, -0.05) is 49.8 Å². The summed E-state index contributed by atoms with van der Waals surface area (Å²) in [5.41, 5.74) is 3.61. The van der Waals surface area contributed by atoms with Crippen molar-refractivity contribution in [1.82, 2.24) is 5.09 Å². The van der Waals surface area contributed by atoms with Gasteiger partial charge in [-0.25, -0.2) is 5.09 Å². The molecule has 4 unspecified atom stereocenters. The molecule has 0 radical (unpaired) electrons. The van der Waals surface area contributed by atoms with E-state index in [1.54, 1.807) is 24.9 Å². The summed E-state index contributed by atoms with van der Waals surface area (Å²) < 4.78 is 23.5. The number of nitrogens with one attached hydrogen (secondary N) is 1. The van der Waals surface area contributed by atoms with Gasteiger partial charge in [0.15, 0.2) is 5.78 Å². The van der Waals surface area contributed by atoms with Gasteiger partial charge >= 0.3 is 12.7 Å². The van der Waals surface area contributed by atoms with Crippen molar-refractivity contribution >= 4 is 41.5 Å². The van der Waals surface area contributed by atoms with E-state index in [-0.39, 0.29) is 53.1 Å². The molecule has 0 heterocycles. The van der Waals surface area contributed by atoms with Gasteiger partial charge < -0.3 is 14.2 Å². The van der Waals surface area contributed by atoms with Crippen molar-refractivity contribution in [2.24, 2.45) is 17.3 Å². The van der Waals surface area contributed by atoms with E-state index in [4.69, 9.17) is 9.26 Å². The van der Waals surface area contributed by atoms with Crippen molar-refractivity contribution < 1.29 is 28.2 Å². The lowest BCUT2D eigenvalue weighted by molar-refractivity contribution is -0.150. The van der Waals surface area contributed by atoms with Crippen molar-refractivity contribution in [3.8, 4) is 0 Å². The van der Waals surface area contributed by atoms with E-state index in [2.05, 4.69) is 31.6 Å². The van der Waals surface area contributed by atoms with Crippen LogP contribution in [0.1, 0.15) is 68.2 Å². The van der Waals surface area contributed by atoms with Gasteiger partial charge in [0.1, 0.15) is 6.10 Å². The SMILES string of the molecule is C=CCC1=C(C)C(OC(=O)C2C(C=C(C)C)C2(C)C)CC1=O.CCOP(=O)(NC(C)C)SCC(=O)N(C)c1ccccc1. The van der Waals surface area contributed by atoms with Gasteiger partial charge in [-0.2, -0.15) is 0 Å². The first kappa shape index (κ1) is 36.7. The number of allylic oxidation sites excluding steroid dienone is 4. The molecule has 238 valence electrons. The fourth-order valence-corrected chi connectivity index (χ4v) is 8.96. The summed E-state index contributed by atoms with van der Waals surface area (Å²) >= 11 is 1.04. The second kappa shape index (κ2) is 16.0. The smallest absolute Gasteiger partial charge is 0.327 e. The van der Waals surface area contributed by atoms with Crippen LogP contribution in [0.25, 0.3) is 0 Å². The second-order valence-corrected chi connectivity index (χ2v) is 16.3. The van der Waals surface area contributed by atoms with Crippen LogP contribution in [0, 0.1) is 17.3 Å². The Kier molecular flexibility index (Phi) is 13.7. The lowest BCUT2D eigenvalue weighted by Gasteiger charge is -2.22. The molecule has 2 aliphatic carbocycles. The van der Waals surface area contributed by atoms with Gasteiger partial charge in [-0.15, -0.1) is 6.58 Å². The predicted molar refractivity (Wildman–Crippen MR) is 177 cm³/mol. The topological polar surface area (TPSA) is 102 Å². The van der Waals surface area contributed by atoms with Crippen LogP contribution in [0.2, 0.25) is 0 Å². The van der Waals surface area contributed by atoms with E-state index in [0.717, 1.165) is 28.2 Å². The molecule has 0 saturated heterocycles. The summed E-state index contributed by atoms with van der Waals surface area (Å²) in [6.07, 6.45) is 4.31. The fraction of sp³-hybridized carbons (Fsp3) is 0.545. The van der Waals surface area contributed by atoms with Gasteiger partial charge in [0, 0.05) is 24.4 Å². The number of carbonyl (C=O) groups is 3. The molecule has 2 aliphatic rings. The summed E-state index contributed by atoms with van der Waals surface area (Å²) in [5, 5.41) is 2.92. The number of ketones is 1. The van der Waals surface area contributed by atoms with Crippen molar-refractivity contribution in [2.45, 2.75) is 80.4 Å². The number of amides is 1. The molecule has 1 aromatic rings. The van der Waals surface area contributed by atoms with Gasteiger partial charge in [-0.3, -0.25) is 18.9 Å². The Balaban J connectivity index is 0.000000301. The molecule has 4 atom stereocenters. The third kappa shape index (κ3) is 10.3. The summed E-state index contributed by atoms with van der Waals surface area (Å²) in [5.74, 6) is 0.0163. The molecule has 1 amide bonds. The maximum absolute atomic E-state index is 12.5. The quantitative estimate of drug-likeness (QED) is 0.135. The minimum atomic E-state index is -3.04. The molecular formula is C33H49N2O6PS. The first-order valence-corrected chi connectivity index (χ1v) is 18.0. The van der Waals surface area contributed by atoms with Crippen LogP contribution < -0.4 is 9.99 Å². The van der Waals surface area contributed by atoms with Crippen LogP contribution in [-0.4, -0.2) is 49.2 Å². The normalized spacial score (nSPS) is 21.8. The van der Waals surface area contributed by atoms with Crippen molar-refractivity contribution in [1.29, 1.82) is 0 Å². The summed E-state index contributed by atoms with van der Waals surface area (Å²) in [6, 6.07) is 9.38. The number of carbonyl (C=O) groups excluding carboxylic acids is 3. The van der Waals surface area contributed by atoms with Gasteiger partial charge in [0.25, 0.3) is 0 Å². The molecule has 3 rings (SSSR count). The van der Waals surface area contributed by atoms with Crippen molar-refractivity contribution in [2.75, 3.05) is 24.3 Å². The van der Waals surface area contributed by atoms with E-state index >= 15 is 0 Å². The van der Waals surface area contributed by atoms with Crippen LogP contribution in [0.3, 0.4) is 0 Å². The zero-order chi connectivity index (χ0) is 32.5. The number of rotatable bonds is 13. The van der Waals surface area contributed by atoms with E-state index in [1.165, 1.54) is 5.57 Å². The lowest BCUT2D eigenvalue weighted by atomic mass is 10.1. The van der Waals surface area contributed by atoms with Crippen molar-refractivity contribution in [3.05, 3.63) is 65.8 Å². The van der Waals surface area contributed by atoms with Crippen LogP contribution >= 0.6 is 18.1 Å². The number of nitrogens with zero attached hydrogens (tertiary/aromatic N) is 1. The van der Waals surface area contributed by atoms with Crippen LogP contribution in [0.15, 0.2) is 65.8 Å². The van der Waals surface area contributed by atoms with Crippen LogP contribution in [-0.2, 0) is 28.2 Å². The number of ether oxygens (including phenoxy) is 1. The summed E-state index contributed by atoms with van der Waals surface area (Å²) in [6.45, 7) is 16.7. The monoisotopic (exact) mass is 632 g/mol. The maximum Gasteiger partial charge on any atom is 0.327 e. The standard InChI is InChI=1S/C19H26O3.C14H23N2O3PS/c1-7-8-13-12(4)16(10-15(13)20)22-18(21)17-14(9-11(2)3)19(17,5)6;1-5-19-20(18,15-12(2)3)21-11-14(17)16(4)13-9-7-6-8-10-13/h7,9,14,16-17H,1,8,10H2,2-6H3;6-10,12H,5,11H2,1-4H3,(H,15,18). The molecule has 8 nitrogen and oxygen atoms in total. The largest absolute Gasteiger partial charge is 0.457 e. The Morgan fingerprint density at radius 3 is 2.40 bits per heavy atom. The third-order valence-corrected chi connectivity index (χ3v) is 11.7. The number of hydrogen-bond donors (Lipinski definition) is 1. The maximum atomic E-state index is 12.5. The van der Waals surface area contributed by atoms with Gasteiger partial charge in [0.05, 0.1) is 24.7 Å². The summed E-state index contributed by atoms with van der Waals surface area (Å²) in [4.78, 5) is 38.2. The molecule has 10 heteroatoms. The molecule has 0 spiro atoms. The predicted octanol–water partition coefficient (Wildman–Crippen LogP) is 7.53. The molecule has 1 aromatic carbocycles. The number of anilines is 1. The number of para-hydroxylation sites is 1. The molecule has 0 aliphatic heterocycles. The number of benzene rings is 1. The van der Waals surface area contributed by atoms with Crippen LogP contribution in [0.4, 0.5) is 5.69 Å². The Morgan fingerprint density at radius 2 is 1.86 bits per heavy atom. The lowest BCUT2D eigenvalue weighted by Crippen LogP contribution is -2.28. The molecule has 0 aromatic heterocycles. The highest BCUT2D eigenvalue weighted by Crippen LogP contribution is 2.60. The average Bonchev–Trinajstić information content (AvgIpc) is 3.36. The zero-order valence-corrected chi connectivity index (χ0v) is 28.8. The highest BCUT2D eigenvalue weighted by Gasteiger charge is 2.61. The molecular weight excluding hydrogens is 583 g/mol. The molecule has 1 saturated carbocycles.